The van der Waals surface area contributed by atoms with Gasteiger partial charge >= 0.3 is 0 Å². The summed E-state index contributed by atoms with van der Waals surface area (Å²) in [6.45, 7) is 2.32. The number of carbonyl (C=O) groups is 1. The van der Waals surface area contributed by atoms with Gasteiger partial charge in [0, 0.05) is 29.7 Å². The lowest BCUT2D eigenvalue weighted by atomic mass is 10.1. The van der Waals surface area contributed by atoms with Crippen molar-refractivity contribution in [1.29, 1.82) is 0 Å². The highest BCUT2D eigenvalue weighted by Crippen LogP contribution is 2.30. The summed E-state index contributed by atoms with van der Waals surface area (Å²) in [6.07, 6.45) is 0.694. The highest BCUT2D eigenvalue weighted by atomic mass is 35.5. The van der Waals surface area contributed by atoms with Crippen molar-refractivity contribution in [2.45, 2.75) is 26.1 Å². The summed E-state index contributed by atoms with van der Waals surface area (Å²) in [5, 5.41) is 25.3. The molecular formula is C26H26ClN3O4S. The maximum absolute atomic E-state index is 13.2. The van der Waals surface area contributed by atoms with Crippen LogP contribution in [0.4, 0.5) is 0 Å². The number of rotatable bonds is 8. The Labute approximate surface area is 211 Å². The molecule has 0 radical (unpaired) electrons. The minimum Gasteiger partial charge on any atom is -0.387 e. The van der Waals surface area contributed by atoms with Crippen molar-refractivity contribution in [2.75, 3.05) is 6.54 Å². The van der Waals surface area contributed by atoms with E-state index in [4.69, 9.17) is 11.6 Å². The van der Waals surface area contributed by atoms with Gasteiger partial charge in [0.15, 0.2) is 0 Å². The van der Waals surface area contributed by atoms with Crippen LogP contribution in [0.2, 0.25) is 5.02 Å². The molecule has 4 rings (SSSR count). The number of aliphatic hydroxyl groups excluding tert-OH is 1. The summed E-state index contributed by atoms with van der Waals surface area (Å²) in [6, 6.07) is 16.2. The van der Waals surface area contributed by atoms with E-state index in [9.17, 15) is 19.9 Å². The minimum atomic E-state index is -0.849. The number of hydrogen-bond acceptors (Lipinski definition) is 6. The molecule has 0 bridgehead atoms. The molecule has 0 aliphatic rings. The van der Waals surface area contributed by atoms with Gasteiger partial charge < -0.3 is 20.2 Å². The first-order valence-corrected chi connectivity index (χ1v) is 12.2. The molecule has 35 heavy (non-hydrogen) atoms. The van der Waals surface area contributed by atoms with Crippen LogP contribution in [0, 0.1) is 6.92 Å². The van der Waals surface area contributed by atoms with Gasteiger partial charge in [-0.05, 0) is 35.7 Å². The predicted octanol–water partition coefficient (Wildman–Crippen LogP) is 4.42. The van der Waals surface area contributed by atoms with Gasteiger partial charge in [0.2, 0.25) is 5.43 Å². The molecule has 0 saturated carbocycles. The number of hydroxylamine groups is 2. The fourth-order valence-corrected chi connectivity index (χ4v) is 5.40. The molecule has 2 aromatic carbocycles. The number of amides is 1. The average Bonchev–Trinajstić information content (AvgIpc) is 3.17. The Balaban J connectivity index is 1.53. The molecule has 1 unspecified atom stereocenters. The standard InChI is InChI=1S/C26H26ClN3O4S/c1-16-22(15-30(34)14-21(31)18-6-4-3-5-7-18)35-25-23(16)29(2)13-20(24(25)32)26(33)28-12-17-8-10-19(27)11-9-17/h3-11,13,21,31,34H,12,14-15H2,1-2H3,(H,28,33). The maximum atomic E-state index is 13.2. The van der Waals surface area contributed by atoms with Crippen molar-refractivity contribution in [3.8, 4) is 0 Å². The van der Waals surface area contributed by atoms with Crippen molar-refractivity contribution in [3.05, 3.63) is 103 Å². The summed E-state index contributed by atoms with van der Waals surface area (Å²) >= 11 is 7.15. The fraction of sp³-hybridized carbons (Fsp3) is 0.231. The summed E-state index contributed by atoms with van der Waals surface area (Å²) < 4.78 is 2.22. The van der Waals surface area contributed by atoms with Gasteiger partial charge in [0.05, 0.1) is 29.4 Å². The molecule has 182 valence electrons. The van der Waals surface area contributed by atoms with Gasteiger partial charge in [-0.25, -0.2) is 0 Å². The highest BCUT2D eigenvalue weighted by molar-refractivity contribution is 7.19. The lowest BCUT2D eigenvalue weighted by molar-refractivity contribution is -0.121. The number of hydrogen-bond donors (Lipinski definition) is 3. The summed E-state index contributed by atoms with van der Waals surface area (Å²) in [4.78, 5) is 26.8. The second-order valence-corrected chi connectivity index (χ2v) is 9.94. The molecule has 1 amide bonds. The molecule has 0 spiro atoms. The Morgan fingerprint density at radius 1 is 1.17 bits per heavy atom. The van der Waals surface area contributed by atoms with E-state index >= 15 is 0 Å². The van der Waals surface area contributed by atoms with Crippen LogP contribution >= 0.6 is 22.9 Å². The van der Waals surface area contributed by atoms with Crippen LogP contribution < -0.4 is 10.7 Å². The molecule has 3 N–H and O–H groups in total. The minimum absolute atomic E-state index is 0.0202. The molecule has 9 heteroatoms. The lowest BCUT2D eigenvalue weighted by Gasteiger charge is -2.18. The number of carbonyl (C=O) groups excluding carboxylic acids is 1. The van der Waals surface area contributed by atoms with Crippen LogP contribution in [-0.2, 0) is 20.1 Å². The maximum Gasteiger partial charge on any atom is 0.257 e. The van der Waals surface area contributed by atoms with Crippen LogP contribution in [-0.4, -0.2) is 32.4 Å². The number of benzene rings is 2. The first kappa shape index (κ1) is 25.1. The third-order valence-corrected chi connectivity index (χ3v) is 7.36. The zero-order chi connectivity index (χ0) is 25.1. The van der Waals surface area contributed by atoms with Crippen molar-refractivity contribution in [1.82, 2.24) is 14.9 Å². The fourth-order valence-electron chi connectivity index (χ4n) is 3.97. The SMILES string of the molecule is Cc1c(CN(O)CC(O)c2ccccc2)sc2c(=O)c(C(=O)NCc3ccc(Cl)cc3)cn(C)c12. The normalized spacial score (nSPS) is 12.3. The van der Waals surface area contributed by atoms with Gasteiger partial charge in [-0.2, -0.15) is 5.06 Å². The molecule has 2 aromatic heterocycles. The van der Waals surface area contributed by atoms with Gasteiger partial charge in [0.1, 0.15) is 5.56 Å². The lowest BCUT2D eigenvalue weighted by Crippen LogP contribution is -2.29. The molecule has 7 nitrogen and oxygen atoms in total. The predicted molar refractivity (Wildman–Crippen MR) is 138 cm³/mol. The number of pyridine rings is 1. The van der Waals surface area contributed by atoms with Gasteiger partial charge in [-0.15, -0.1) is 11.3 Å². The first-order valence-electron chi connectivity index (χ1n) is 11.1. The number of nitrogens with one attached hydrogen (secondary N) is 1. The number of fused-ring (bicyclic) bond motifs is 1. The Kier molecular flexibility index (Phi) is 7.69. The van der Waals surface area contributed by atoms with Gasteiger partial charge in [-0.3, -0.25) is 9.59 Å². The van der Waals surface area contributed by atoms with E-state index in [-0.39, 0.29) is 30.6 Å². The number of aliphatic hydroxyl groups is 1. The van der Waals surface area contributed by atoms with Crippen molar-refractivity contribution in [2.24, 2.45) is 7.05 Å². The summed E-state index contributed by atoms with van der Waals surface area (Å²) in [5.41, 5.74) is 2.87. The molecule has 0 fully saturated rings. The molecule has 1 atom stereocenters. The zero-order valence-corrected chi connectivity index (χ0v) is 20.9. The smallest absolute Gasteiger partial charge is 0.257 e. The van der Waals surface area contributed by atoms with E-state index in [1.165, 1.54) is 11.3 Å². The number of aryl methyl sites for hydroxylation is 2. The van der Waals surface area contributed by atoms with E-state index in [0.717, 1.165) is 26.6 Å². The summed E-state index contributed by atoms with van der Waals surface area (Å²) in [5.74, 6) is -0.454. The highest BCUT2D eigenvalue weighted by Gasteiger charge is 2.21. The zero-order valence-electron chi connectivity index (χ0n) is 19.4. The van der Waals surface area contributed by atoms with Crippen LogP contribution in [0.1, 0.15) is 38.0 Å². The average molecular weight is 512 g/mol. The Bertz CT molecular complexity index is 1400. The molecule has 0 aliphatic heterocycles. The Hall–Kier alpha value is -3.01. The van der Waals surface area contributed by atoms with Crippen LogP contribution in [0.3, 0.4) is 0 Å². The van der Waals surface area contributed by atoms with E-state index < -0.39 is 12.0 Å². The second-order valence-electron chi connectivity index (χ2n) is 8.39. The van der Waals surface area contributed by atoms with Crippen LogP contribution in [0.5, 0.6) is 0 Å². The van der Waals surface area contributed by atoms with Crippen molar-refractivity contribution >= 4 is 39.1 Å². The van der Waals surface area contributed by atoms with E-state index in [0.29, 0.717) is 15.3 Å². The van der Waals surface area contributed by atoms with E-state index in [2.05, 4.69) is 5.32 Å². The third-order valence-electron chi connectivity index (χ3n) is 5.85. The van der Waals surface area contributed by atoms with Crippen molar-refractivity contribution < 1.29 is 15.1 Å². The Morgan fingerprint density at radius 3 is 2.54 bits per heavy atom. The molecule has 0 aliphatic carbocycles. The number of nitrogens with zero attached hydrogens (tertiary/aromatic N) is 2. The first-order chi connectivity index (χ1) is 16.7. The van der Waals surface area contributed by atoms with Crippen LogP contribution in [0.15, 0.2) is 65.6 Å². The summed E-state index contributed by atoms with van der Waals surface area (Å²) in [7, 11) is 1.79. The van der Waals surface area contributed by atoms with E-state index in [1.54, 1.807) is 42.1 Å². The second kappa shape index (κ2) is 10.7. The largest absolute Gasteiger partial charge is 0.387 e. The van der Waals surface area contributed by atoms with Gasteiger partial charge in [0.25, 0.3) is 5.91 Å². The van der Waals surface area contributed by atoms with Gasteiger partial charge in [-0.1, -0.05) is 54.1 Å². The number of thiophene rings is 1. The topological polar surface area (TPSA) is 94.8 Å². The third kappa shape index (κ3) is 5.63. The monoisotopic (exact) mass is 511 g/mol. The molecular weight excluding hydrogens is 486 g/mol. The number of halogens is 1. The number of aromatic nitrogens is 1. The van der Waals surface area contributed by atoms with Crippen LogP contribution in [0.25, 0.3) is 10.2 Å². The van der Waals surface area contributed by atoms with E-state index in [1.807, 2.05) is 37.3 Å². The quantitative estimate of drug-likeness (QED) is 0.304. The molecule has 0 saturated heterocycles. The molecule has 2 heterocycles. The Morgan fingerprint density at radius 2 is 1.86 bits per heavy atom. The molecule has 4 aromatic rings. The van der Waals surface area contributed by atoms with Crippen molar-refractivity contribution in [3.63, 3.8) is 0 Å².